The Morgan fingerprint density at radius 3 is 2.55 bits per heavy atom. The predicted molar refractivity (Wildman–Crippen MR) is 115 cm³/mol. The molecule has 3 amide bonds. The highest BCUT2D eigenvalue weighted by Crippen LogP contribution is 2.45. The Labute approximate surface area is 175 Å². The minimum Gasteiger partial charge on any atom is -0.467 e. The van der Waals surface area contributed by atoms with Crippen LogP contribution in [0.1, 0.15) is 43.9 Å². The van der Waals surface area contributed by atoms with Crippen molar-refractivity contribution in [3.8, 4) is 0 Å². The molecular formula is C22H27N3O3S. The molecule has 2 fully saturated rings. The lowest BCUT2D eigenvalue weighted by Gasteiger charge is -2.43. The van der Waals surface area contributed by atoms with Gasteiger partial charge in [-0.05, 0) is 48.6 Å². The Kier molecular flexibility index (Phi) is 5.58. The molecular weight excluding hydrogens is 386 g/mol. The third-order valence-electron chi connectivity index (χ3n) is 5.81. The number of furan rings is 1. The Bertz CT molecular complexity index is 856. The lowest BCUT2D eigenvalue weighted by atomic mass is 10.0. The summed E-state index contributed by atoms with van der Waals surface area (Å²) in [7, 11) is 0. The monoisotopic (exact) mass is 413 g/mol. The molecule has 0 bridgehead atoms. The highest BCUT2D eigenvalue weighted by molar-refractivity contribution is 8.01. The standard InChI is InChI=1S/C22H27N3O3S/c1-16(2)17-5-7-18(8-6-17)23-21(27)24-11-9-22(10-12-24)25(20(26)15-29-22)14-19-4-3-13-28-19/h3-8,13,16H,9-12,14-15H2,1-2H3,(H,23,27). The van der Waals surface area contributed by atoms with Gasteiger partial charge >= 0.3 is 6.03 Å². The van der Waals surface area contributed by atoms with E-state index in [0.29, 0.717) is 31.3 Å². The minimum atomic E-state index is -0.237. The van der Waals surface area contributed by atoms with E-state index in [2.05, 4.69) is 31.3 Å². The molecule has 1 aromatic carbocycles. The number of carbonyl (C=O) groups is 2. The first kappa shape index (κ1) is 19.9. The van der Waals surface area contributed by atoms with Crippen LogP contribution in [0.3, 0.4) is 0 Å². The number of rotatable bonds is 4. The van der Waals surface area contributed by atoms with E-state index in [1.165, 1.54) is 5.56 Å². The second-order valence-corrected chi connectivity index (χ2v) is 9.33. The molecule has 1 N–H and O–H groups in total. The first-order valence-electron chi connectivity index (χ1n) is 10.1. The quantitative estimate of drug-likeness (QED) is 0.801. The molecule has 2 aromatic rings. The van der Waals surface area contributed by atoms with Crippen LogP contribution < -0.4 is 5.32 Å². The Balaban J connectivity index is 1.36. The highest BCUT2D eigenvalue weighted by Gasteiger charge is 2.48. The molecule has 6 nitrogen and oxygen atoms in total. The van der Waals surface area contributed by atoms with E-state index in [1.54, 1.807) is 18.0 Å². The second-order valence-electron chi connectivity index (χ2n) is 7.99. The molecule has 0 atom stereocenters. The lowest BCUT2D eigenvalue weighted by molar-refractivity contribution is -0.132. The summed E-state index contributed by atoms with van der Waals surface area (Å²) in [5, 5.41) is 3.00. The van der Waals surface area contributed by atoms with E-state index >= 15 is 0 Å². The Morgan fingerprint density at radius 2 is 1.93 bits per heavy atom. The second kappa shape index (κ2) is 8.14. The fraction of sp³-hybridized carbons (Fsp3) is 0.455. The molecule has 3 heterocycles. The topological polar surface area (TPSA) is 65.8 Å². The van der Waals surface area contributed by atoms with Gasteiger partial charge in [0.2, 0.25) is 5.91 Å². The third kappa shape index (κ3) is 4.15. The maximum atomic E-state index is 12.7. The lowest BCUT2D eigenvalue weighted by Crippen LogP contribution is -2.53. The number of piperidine rings is 1. The van der Waals surface area contributed by atoms with Gasteiger partial charge in [-0.2, -0.15) is 0 Å². The summed E-state index contributed by atoms with van der Waals surface area (Å²) in [6, 6.07) is 11.7. The average Bonchev–Trinajstić information content (AvgIpc) is 3.33. The summed E-state index contributed by atoms with van der Waals surface area (Å²) >= 11 is 1.70. The molecule has 29 heavy (non-hydrogen) atoms. The molecule has 0 saturated carbocycles. The van der Waals surface area contributed by atoms with E-state index in [4.69, 9.17) is 4.42 Å². The van der Waals surface area contributed by atoms with Gasteiger partial charge < -0.3 is 19.5 Å². The molecule has 7 heteroatoms. The fourth-order valence-corrected chi connectivity index (χ4v) is 5.34. The molecule has 0 unspecified atom stereocenters. The van der Waals surface area contributed by atoms with Crippen molar-refractivity contribution >= 4 is 29.4 Å². The molecule has 2 aliphatic rings. The number of nitrogens with zero attached hydrogens (tertiary/aromatic N) is 2. The molecule has 2 saturated heterocycles. The van der Waals surface area contributed by atoms with Gasteiger partial charge in [0.1, 0.15) is 5.76 Å². The number of anilines is 1. The van der Waals surface area contributed by atoms with Gasteiger partial charge in [-0.1, -0.05) is 26.0 Å². The number of hydrogen-bond acceptors (Lipinski definition) is 4. The van der Waals surface area contributed by atoms with E-state index in [-0.39, 0.29) is 16.8 Å². The molecule has 4 rings (SSSR count). The highest BCUT2D eigenvalue weighted by atomic mass is 32.2. The first-order chi connectivity index (χ1) is 14.0. The van der Waals surface area contributed by atoms with Crippen LogP contribution in [0.4, 0.5) is 10.5 Å². The van der Waals surface area contributed by atoms with Gasteiger partial charge in [-0.3, -0.25) is 4.79 Å². The number of nitrogens with one attached hydrogen (secondary N) is 1. The van der Waals surface area contributed by atoms with Crippen LogP contribution in [0.2, 0.25) is 0 Å². The number of benzene rings is 1. The van der Waals surface area contributed by atoms with Crippen molar-refractivity contribution in [1.29, 1.82) is 0 Å². The molecule has 1 aromatic heterocycles. The van der Waals surface area contributed by atoms with E-state index in [1.807, 2.05) is 34.1 Å². The number of hydrogen-bond donors (Lipinski definition) is 1. The van der Waals surface area contributed by atoms with Crippen molar-refractivity contribution in [1.82, 2.24) is 9.80 Å². The summed E-state index contributed by atoms with van der Waals surface area (Å²) in [5.74, 6) is 1.91. The maximum Gasteiger partial charge on any atom is 0.321 e. The van der Waals surface area contributed by atoms with Crippen molar-refractivity contribution in [3.05, 3.63) is 54.0 Å². The van der Waals surface area contributed by atoms with Gasteiger partial charge in [0.05, 0.1) is 23.4 Å². The van der Waals surface area contributed by atoms with Crippen molar-refractivity contribution in [3.63, 3.8) is 0 Å². The minimum absolute atomic E-state index is 0.0796. The zero-order valence-electron chi connectivity index (χ0n) is 16.9. The van der Waals surface area contributed by atoms with Crippen LogP contribution >= 0.6 is 11.8 Å². The van der Waals surface area contributed by atoms with Gasteiger partial charge in [-0.15, -0.1) is 11.8 Å². The summed E-state index contributed by atoms with van der Waals surface area (Å²) < 4.78 is 5.45. The summed E-state index contributed by atoms with van der Waals surface area (Å²) in [4.78, 5) is 28.7. The van der Waals surface area contributed by atoms with Gasteiger partial charge in [0.15, 0.2) is 0 Å². The molecule has 0 aliphatic carbocycles. The van der Waals surface area contributed by atoms with Crippen molar-refractivity contribution in [2.45, 2.75) is 44.0 Å². The third-order valence-corrected chi connectivity index (χ3v) is 7.37. The Morgan fingerprint density at radius 1 is 1.21 bits per heavy atom. The van der Waals surface area contributed by atoms with Crippen LogP contribution in [-0.4, -0.2) is 45.5 Å². The zero-order chi connectivity index (χ0) is 20.4. The smallest absolute Gasteiger partial charge is 0.321 e. The fourth-order valence-electron chi connectivity index (χ4n) is 4.00. The average molecular weight is 414 g/mol. The van der Waals surface area contributed by atoms with Crippen molar-refractivity contribution in [2.24, 2.45) is 0 Å². The summed E-state index contributed by atoms with van der Waals surface area (Å²) in [6.45, 7) is 6.05. The number of carbonyl (C=O) groups excluding carboxylic acids is 2. The molecule has 154 valence electrons. The molecule has 0 radical (unpaired) electrons. The number of likely N-dealkylation sites (tertiary alicyclic amines) is 1. The summed E-state index contributed by atoms with van der Waals surface area (Å²) in [6.07, 6.45) is 3.17. The van der Waals surface area contributed by atoms with Crippen LogP contribution in [0.15, 0.2) is 47.1 Å². The van der Waals surface area contributed by atoms with Gasteiger partial charge in [0.25, 0.3) is 0 Å². The first-order valence-corrected chi connectivity index (χ1v) is 11.1. The zero-order valence-corrected chi connectivity index (χ0v) is 17.7. The summed E-state index contributed by atoms with van der Waals surface area (Å²) in [5.41, 5.74) is 2.06. The van der Waals surface area contributed by atoms with E-state index in [0.717, 1.165) is 24.3 Å². The van der Waals surface area contributed by atoms with Crippen LogP contribution in [-0.2, 0) is 11.3 Å². The van der Waals surface area contributed by atoms with E-state index < -0.39 is 0 Å². The van der Waals surface area contributed by atoms with E-state index in [9.17, 15) is 9.59 Å². The van der Waals surface area contributed by atoms with Gasteiger partial charge in [-0.25, -0.2) is 4.79 Å². The SMILES string of the molecule is CC(C)c1ccc(NC(=O)N2CCC3(CC2)SCC(=O)N3Cc2ccco2)cc1. The van der Waals surface area contributed by atoms with Crippen LogP contribution in [0.25, 0.3) is 0 Å². The van der Waals surface area contributed by atoms with Crippen molar-refractivity contribution in [2.75, 3.05) is 24.2 Å². The predicted octanol–water partition coefficient (Wildman–Crippen LogP) is 4.50. The molecule has 1 spiro atoms. The number of thioether (sulfide) groups is 1. The maximum absolute atomic E-state index is 12.7. The largest absolute Gasteiger partial charge is 0.467 e. The number of urea groups is 1. The number of amides is 3. The molecule has 2 aliphatic heterocycles. The van der Waals surface area contributed by atoms with Gasteiger partial charge in [0, 0.05) is 18.8 Å². The normalized spacial score (nSPS) is 18.7. The van der Waals surface area contributed by atoms with Crippen LogP contribution in [0, 0.1) is 0 Å². The Hall–Kier alpha value is -2.41. The van der Waals surface area contributed by atoms with Crippen molar-refractivity contribution < 1.29 is 14.0 Å². The van der Waals surface area contributed by atoms with Crippen LogP contribution in [0.5, 0.6) is 0 Å².